The predicted molar refractivity (Wildman–Crippen MR) is 82.6 cm³/mol. The van der Waals surface area contributed by atoms with Gasteiger partial charge in [0.25, 0.3) is 0 Å². The first-order valence-electron chi connectivity index (χ1n) is 6.09. The number of aryl methyl sites for hydroxylation is 1. The number of thiazole rings is 1. The van der Waals surface area contributed by atoms with Gasteiger partial charge in [-0.1, -0.05) is 41.1 Å². The molecule has 0 saturated carbocycles. The van der Waals surface area contributed by atoms with Gasteiger partial charge in [-0.2, -0.15) is 0 Å². The molecular weight excluding hydrogens is 294 g/mol. The van der Waals surface area contributed by atoms with Crippen molar-refractivity contribution < 1.29 is 5.11 Å². The van der Waals surface area contributed by atoms with E-state index in [9.17, 15) is 9.90 Å². The molecule has 0 saturated heterocycles. The van der Waals surface area contributed by atoms with Crippen molar-refractivity contribution in [1.82, 2.24) is 4.57 Å². The number of aliphatic hydroxyl groups is 1. The maximum atomic E-state index is 11.6. The zero-order chi connectivity index (χ0) is 14.3. The van der Waals surface area contributed by atoms with Crippen LogP contribution in [0, 0.1) is 0 Å². The molecule has 20 heavy (non-hydrogen) atoms. The van der Waals surface area contributed by atoms with Crippen molar-refractivity contribution in [1.29, 1.82) is 0 Å². The number of fused-ring (bicyclic) bond motifs is 1. The fourth-order valence-corrected chi connectivity index (χ4v) is 3.32. The third-order valence-electron chi connectivity index (χ3n) is 3.30. The first-order chi connectivity index (χ1) is 9.56. The van der Waals surface area contributed by atoms with E-state index in [4.69, 9.17) is 11.6 Å². The van der Waals surface area contributed by atoms with Crippen molar-refractivity contribution >= 4 is 33.2 Å². The number of benzene rings is 2. The third-order valence-corrected chi connectivity index (χ3v) is 4.53. The van der Waals surface area contributed by atoms with Crippen LogP contribution in [0.3, 0.4) is 0 Å². The van der Waals surface area contributed by atoms with E-state index in [0.717, 1.165) is 21.3 Å². The van der Waals surface area contributed by atoms with E-state index in [0.29, 0.717) is 5.02 Å². The topological polar surface area (TPSA) is 42.2 Å². The van der Waals surface area contributed by atoms with Gasteiger partial charge < -0.3 is 9.67 Å². The molecule has 0 spiro atoms. The van der Waals surface area contributed by atoms with E-state index >= 15 is 0 Å². The standard InChI is InChI=1S/C15H12ClNO2S/c1-17-12-6-5-10(8-13(12)20-15(17)19)14(18)9-3-2-4-11(16)7-9/h2-8,14,18H,1H3. The third kappa shape index (κ3) is 2.26. The van der Waals surface area contributed by atoms with Gasteiger partial charge in [-0.05, 0) is 35.4 Å². The Morgan fingerprint density at radius 2 is 1.95 bits per heavy atom. The number of nitrogens with zero attached hydrogens (tertiary/aromatic N) is 1. The summed E-state index contributed by atoms with van der Waals surface area (Å²) >= 11 is 7.12. The normalized spacial score (nSPS) is 12.8. The molecule has 1 unspecified atom stereocenters. The van der Waals surface area contributed by atoms with Gasteiger partial charge in [-0.25, -0.2) is 0 Å². The van der Waals surface area contributed by atoms with Crippen molar-refractivity contribution in [2.75, 3.05) is 0 Å². The van der Waals surface area contributed by atoms with E-state index < -0.39 is 6.10 Å². The fraction of sp³-hybridized carbons (Fsp3) is 0.133. The summed E-state index contributed by atoms with van der Waals surface area (Å²) in [4.78, 5) is 11.6. The summed E-state index contributed by atoms with van der Waals surface area (Å²) in [5.41, 5.74) is 2.36. The lowest BCUT2D eigenvalue weighted by Gasteiger charge is -2.12. The Balaban J connectivity index is 2.08. The van der Waals surface area contributed by atoms with Gasteiger partial charge in [0.2, 0.25) is 0 Å². The smallest absolute Gasteiger partial charge is 0.307 e. The molecule has 0 radical (unpaired) electrons. The maximum absolute atomic E-state index is 11.6. The summed E-state index contributed by atoms with van der Waals surface area (Å²) in [7, 11) is 1.74. The first-order valence-corrected chi connectivity index (χ1v) is 7.29. The van der Waals surface area contributed by atoms with Crippen LogP contribution in [0.25, 0.3) is 10.2 Å². The Bertz CT molecular complexity index is 837. The minimum atomic E-state index is -0.749. The molecule has 1 N–H and O–H groups in total. The minimum Gasteiger partial charge on any atom is -0.384 e. The lowest BCUT2D eigenvalue weighted by molar-refractivity contribution is 0.220. The van der Waals surface area contributed by atoms with Crippen LogP contribution in [0.15, 0.2) is 47.3 Å². The highest BCUT2D eigenvalue weighted by Crippen LogP contribution is 2.27. The molecule has 5 heteroatoms. The zero-order valence-electron chi connectivity index (χ0n) is 10.7. The van der Waals surface area contributed by atoms with Gasteiger partial charge >= 0.3 is 4.87 Å². The SMILES string of the molecule is Cn1c(=O)sc2cc(C(O)c3cccc(Cl)c3)ccc21. The quantitative estimate of drug-likeness (QED) is 0.789. The van der Waals surface area contributed by atoms with Gasteiger partial charge in [-0.3, -0.25) is 4.79 Å². The number of aromatic nitrogens is 1. The van der Waals surface area contributed by atoms with Crippen LogP contribution in [0.2, 0.25) is 5.02 Å². The van der Waals surface area contributed by atoms with E-state index in [1.54, 1.807) is 29.8 Å². The molecule has 0 amide bonds. The van der Waals surface area contributed by atoms with Crippen molar-refractivity contribution in [3.05, 3.63) is 68.3 Å². The van der Waals surface area contributed by atoms with Crippen molar-refractivity contribution in [2.45, 2.75) is 6.10 Å². The van der Waals surface area contributed by atoms with Crippen molar-refractivity contribution in [2.24, 2.45) is 7.05 Å². The van der Waals surface area contributed by atoms with Crippen LogP contribution in [0.1, 0.15) is 17.2 Å². The summed E-state index contributed by atoms with van der Waals surface area (Å²) in [6, 6.07) is 12.7. The molecule has 3 rings (SSSR count). The Morgan fingerprint density at radius 1 is 1.20 bits per heavy atom. The number of rotatable bonds is 2. The number of halogens is 1. The molecule has 0 aliphatic heterocycles. The average molecular weight is 306 g/mol. The van der Waals surface area contributed by atoms with Crippen LogP contribution < -0.4 is 4.87 Å². The monoisotopic (exact) mass is 305 g/mol. The summed E-state index contributed by atoms with van der Waals surface area (Å²) in [5, 5.41) is 11.0. The molecule has 1 aromatic heterocycles. The predicted octanol–water partition coefficient (Wildman–Crippen LogP) is 3.34. The zero-order valence-corrected chi connectivity index (χ0v) is 12.3. The molecule has 0 aliphatic carbocycles. The molecule has 0 fully saturated rings. The van der Waals surface area contributed by atoms with Crippen LogP contribution in [-0.4, -0.2) is 9.67 Å². The van der Waals surface area contributed by atoms with Gasteiger partial charge in [0.15, 0.2) is 0 Å². The largest absolute Gasteiger partial charge is 0.384 e. The number of aliphatic hydroxyl groups excluding tert-OH is 1. The Hall–Kier alpha value is -1.62. The molecular formula is C15H12ClNO2S. The highest BCUT2D eigenvalue weighted by Gasteiger charge is 2.13. The van der Waals surface area contributed by atoms with Crippen LogP contribution in [0.4, 0.5) is 0 Å². The lowest BCUT2D eigenvalue weighted by atomic mass is 10.0. The second kappa shape index (κ2) is 5.05. The van der Waals surface area contributed by atoms with Gasteiger partial charge in [0.1, 0.15) is 6.10 Å². The van der Waals surface area contributed by atoms with E-state index in [2.05, 4.69) is 0 Å². The first kappa shape index (κ1) is 13.4. The second-order valence-electron chi connectivity index (χ2n) is 4.61. The Morgan fingerprint density at radius 3 is 2.70 bits per heavy atom. The molecule has 0 aliphatic rings. The summed E-state index contributed by atoms with van der Waals surface area (Å²) in [5.74, 6) is 0. The molecule has 1 heterocycles. The summed E-state index contributed by atoms with van der Waals surface area (Å²) < 4.78 is 2.48. The van der Waals surface area contributed by atoms with E-state index in [1.165, 1.54) is 11.3 Å². The maximum Gasteiger partial charge on any atom is 0.307 e. The lowest BCUT2D eigenvalue weighted by Crippen LogP contribution is -2.06. The molecule has 3 aromatic rings. The second-order valence-corrected chi connectivity index (χ2v) is 6.04. The van der Waals surface area contributed by atoms with Crippen molar-refractivity contribution in [3.8, 4) is 0 Å². The Kier molecular flexibility index (Phi) is 3.38. The summed E-state index contributed by atoms with van der Waals surface area (Å²) in [6.45, 7) is 0. The van der Waals surface area contributed by atoms with Crippen LogP contribution >= 0.6 is 22.9 Å². The minimum absolute atomic E-state index is 0.00519. The molecule has 0 bridgehead atoms. The van der Waals surface area contributed by atoms with Gasteiger partial charge in [-0.15, -0.1) is 0 Å². The van der Waals surface area contributed by atoms with E-state index in [-0.39, 0.29) is 4.87 Å². The van der Waals surface area contributed by atoms with Crippen LogP contribution in [0.5, 0.6) is 0 Å². The van der Waals surface area contributed by atoms with E-state index in [1.807, 2.05) is 24.3 Å². The summed E-state index contributed by atoms with van der Waals surface area (Å²) in [6.07, 6.45) is -0.749. The highest BCUT2D eigenvalue weighted by molar-refractivity contribution is 7.16. The Labute approximate surface area is 124 Å². The molecule has 1 atom stereocenters. The molecule has 102 valence electrons. The molecule has 3 nitrogen and oxygen atoms in total. The number of hydrogen-bond acceptors (Lipinski definition) is 3. The molecule has 2 aromatic carbocycles. The van der Waals surface area contributed by atoms with Crippen molar-refractivity contribution in [3.63, 3.8) is 0 Å². The fourth-order valence-electron chi connectivity index (χ4n) is 2.19. The van der Waals surface area contributed by atoms with Gasteiger partial charge in [0.05, 0.1) is 10.2 Å². The number of hydrogen-bond donors (Lipinski definition) is 1. The average Bonchev–Trinajstić information content (AvgIpc) is 2.73. The highest BCUT2D eigenvalue weighted by atomic mass is 35.5. The van der Waals surface area contributed by atoms with Gasteiger partial charge in [0, 0.05) is 12.1 Å². The van der Waals surface area contributed by atoms with Crippen LogP contribution in [-0.2, 0) is 7.05 Å².